The third-order valence-electron chi connectivity index (χ3n) is 6.97. The summed E-state index contributed by atoms with van der Waals surface area (Å²) in [5, 5.41) is 9.27. The second kappa shape index (κ2) is 12.3. The predicted octanol–water partition coefficient (Wildman–Crippen LogP) is 3.23. The topological polar surface area (TPSA) is 81.4 Å². The maximum absolute atomic E-state index is 13.6. The maximum Gasteiger partial charge on any atom is 0.267 e. The number of rotatable bonds is 10. The number of β-amino-alcohol motifs (C(OH)–C–C–N with tert-alkyl or cyclic N) is 1. The molecular weight excluding hydrogens is 494 g/mol. The number of carbonyl (C=O) groups is 1. The van der Waals surface area contributed by atoms with Gasteiger partial charge in [0.1, 0.15) is 15.8 Å². The number of hydrogen-bond acceptors (Lipinski definition) is 8. The van der Waals surface area contributed by atoms with E-state index in [1.807, 2.05) is 12.1 Å². The van der Waals surface area contributed by atoms with Crippen molar-refractivity contribution in [1.29, 1.82) is 0 Å². The Morgan fingerprint density at radius 2 is 1.97 bits per heavy atom. The molecule has 2 saturated heterocycles. The lowest BCUT2D eigenvalue weighted by Crippen LogP contribution is -2.48. The fraction of sp³-hybridized carbons (Fsp3) is 0.538. The lowest BCUT2D eigenvalue weighted by Gasteiger charge is -2.35. The number of pyridine rings is 1. The van der Waals surface area contributed by atoms with E-state index < -0.39 is 0 Å². The number of thiocarbonyl (C=S) groups is 1. The highest BCUT2D eigenvalue weighted by Gasteiger charge is 2.34. The molecule has 0 aliphatic carbocycles. The van der Waals surface area contributed by atoms with Gasteiger partial charge in [0.15, 0.2) is 0 Å². The first-order valence-corrected chi connectivity index (χ1v) is 14.0. The van der Waals surface area contributed by atoms with Crippen LogP contribution in [-0.4, -0.2) is 80.4 Å². The average Bonchev–Trinajstić information content (AvgIpc) is 3.15. The molecule has 0 bridgehead atoms. The van der Waals surface area contributed by atoms with E-state index >= 15 is 0 Å². The molecule has 194 valence electrons. The van der Waals surface area contributed by atoms with Crippen LogP contribution in [0.2, 0.25) is 0 Å². The zero-order valence-corrected chi connectivity index (χ0v) is 22.7. The second-order valence-corrected chi connectivity index (χ2v) is 11.0. The van der Waals surface area contributed by atoms with Gasteiger partial charge in [-0.15, -0.1) is 0 Å². The van der Waals surface area contributed by atoms with Gasteiger partial charge in [-0.05, 0) is 30.5 Å². The SMILES string of the molecule is CCCCC(CC)CN1C(=O)/C(=C\c2c(N3CCN(CCO)CC3)nc3ccccn3c2=O)SC1=S. The van der Waals surface area contributed by atoms with Crippen LogP contribution < -0.4 is 10.5 Å². The number of nitrogens with zero attached hydrogens (tertiary/aromatic N) is 5. The molecule has 2 aliphatic heterocycles. The zero-order valence-electron chi connectivity index (χ0n) is 21.1. The Bertz CT molecular complexity index is 1190. The van der Waals surface area contributed by atoms with E-state index in [4.69, 9.17) is 17.2 Å². The first-order valence-electron chi connectivity index (χ1n) is 12.8. The Morgan fingerprint density at radius 1 is 1.19 bits per heavy atom. The van der Waals surface area contributed by atoms with Gasteiger partial charge in [-0.2, -0.15) is 0 Å². The number of piperazine rings is 1. The predicted molar refractivity (Wildman–Crippen MR) is 150 cm³/mol. The Kier molecular flexibility index (Phi) is 9.16. The Morgan fingerprint density at radius 3 is 2.67 bits per heavy atom. The van der Waals surface area contributed by atoms with Crippen LogP contribution in [0.25, 0.3) is 11.7 Å². The summed E-state index contributed by atoms with van der Waals surface area (Å²) in [5.74, 6) is 0.872. The number of aliphatic hydroxyl groups excluding tert-OH is 1. The quantitative estimate of drug-likeness (QED) is 0.371. The van der Waals surface area contributed by atoms with Crippen molar-refractivity contribution in [3.8, 4) is 0 Å². The molecule has 1 unspecified atom stereocenters. The number of unbranched alkanes of at least 4 members (excludes halogenated alkanes) is 1. The van der Waals surface area contributed by atoms with Crippen molar-refractivity contribution in [1.82, 2.24) is 19.2 Å². The highest BCUT2D eigenvalue weighted by molar-refractivity contribution is 8.26. The first-order chi connectivity index (χ1) is 17.5. The summed E-state index contributed by atoms with van der Waals surface area (Å²) in [6.45, 7) is 8.63. The molecule has 4 rings (SSSR count). The Labute approximate surface area is 222 Å². The van der Waals surface area contributed by atoms with Crippen LogP contribution in [0.5, 0.6) is 0 Å². The van der Waals surface area contributed by atoms with E-state index in [0.717, 1.165) is 38.8 Å². The first kappa shape index (κ1) is 26.8. The molecule has 2 aromatic rings. The van der Waals surface area contributed by atoms with Crippen LogP contribution in [0.3, 0.4) is 0 Å². The lowest BCUT2D eigenvalue weighted by atomic mass is 9.99. The number of carbonyl (C=O) groups excluding carboxylic acids is 1. The van der Waals surface area contributed by atoms with Gasteiger partial charge in [-0.25, -0.2) is 4.98 Å². The lowest BCUT2D eigenvalue weighted by molar-refractivity contribution is -0.122. The number of fused-ring (bicyclic) bond motifs is 1. The minimum Gasteiger partial charge on any atom is -0.395 e. The molecule has 0 aromatic carbocycles. The fourth-order valence-corrected chi connectivity index (χ4v) is 6.00. The van der Waals surface area contributed by atoms with Gasteiger partial charge < -0.3 is 10.0 Å². The summed E-state index contributed by atoms with van der Waals surface area (Å²) >= 11 is 6.86. The van der Waals surface area contributed by atoms with Gasteiger partial charge in [0, 0.05) is 45.5 Å². The highest BCUT2D eigenvalue weighted by atomic mass is 32.2. The molecule has 1 atom stereocenters. The summed E-state index contributed by atoms with van der Waals surface area (Å²) < 4.78 is 2.07. The second-order valence-electron chi connectivity index (χ2n) is 9.34. The van der Waals surface area contributed by atoms with Gasteiger partial charge in [0.2, 0.25) is 0 Å². The molecular formula is C26H35N5O3S2. The van der Waals surface area contributed by atoms with Crippen LogP contribution in [0.4, 0.5) is 5.82 Å². The molecule has 36 heavy (non-hydrogen) atoms. The number of anilines is 1. The molecule has 10 heteroatoms. The fourth-order valence-electron chi connectivity index (χ4n) is 4.75. The molecule has 0 spiro atoms. The van der Waals surface area contributed by atoms with Crippen LogP contribution in [0, 0.1) is 5.92 Å². The van der Waals surface area contributed by atoms with E-state index in [2.05, 4.69) is 23.6 Å². The van der Waals surface area contributed by atoms with Crippen molar-refractivity contribution in [3.63, 3.8) is 0 Å². The van der Waals surface area contributed by atoms with E-state index in [9.17, 15) is 14.7 Å². The van der Waals surface area contributed by atoms with Gasteiger partial charge >= 0.3 is 0 Å². The molecule has 0 radical (unpaired) electrons. The number of thioether (sulfide) groups is 1. The molecule has 1 N–H and O–H groups in total. The maximum atomic E-state index is 13.6. The molecule has 2 aliphatic rings. The summed E-state index contributed by atoms with van der Waals surface area (Å²) in [7, 11) is 0. The molecule has 8 nitrogen and oxygen atoms in total. The van der Waals surface area contributed by atoms with Crippen LogP contribution >= 0.6 is 24.0 Å². The minimum absolute atomic E-state index is 0.125. The minimum atomic E-state index is -0.201. The number of aromatic nitrogens is 2. The Hall–Kier alpha value is -2.27. The Balaban J connectivity index is 1.67. The van der Waals surface area contributed by atoms with E-state index in [1.54, 1.807) is 23.2 Å². The average molecular weight is 530 g/mol. The van der Waals surface area contributed by atoms with Gasteiger partial charge in [0.05, 0.1) is 17.1 Å². The highest BCUT2D eigenvalue weighted by Crippen LogP contribution is 2.35. The number of amides is 1. The third kappa shape index (κ3) is 5.82. The van der Waals surface area contributed by atoms with Gasteiger partial charge in [0.25, 0.3) is 11.5 Å². The molecule has 0 saturated carbocycles. The van der Waals surface area contributed by atoms with Crippen molar-refractivity contribution in [2.75, 3.05) is 50.8 Å². The van der Waals surface area contributed by atoms with Crippen molar-refractivity contribution in [2.24, 2.45) is 5.92 Å². The van der Waals surface area contributed by atoms with E-state index in [-0.39, 0.29) is 18.1 Å². The summed E-state index contributed by atoms with van der Waals surface area (Å²) in [4.78, 5) is 38.3. The zero-order chi connectivity index (χ0) is 25.7. The largest absolute Gasteiger partial charge is 0.395 e. The molecule has 2 fully saturated rings. The van der Waals surface area contributed by atoms with Gasteiger partial charge in [-0.1, -0.05) is 63.2 Å². The molecule has 2 aromatic heterocycles. The normalized spacial score (nSPS) is 19.1. The van der Waals surface area contributed by atoms with Gasteiger partial charge in [-0.3, -0.25) is 23.8 Å². The van der Waals surface area contributed by atoms with Crippen LogP contribution in [-0.2, 0) is 4.79 Å². The number of hydrogen-bond donors (Lipinski definition) is 1. The number of aliphatic hydroxyl groups is 1. The molecule has 1 amide bonds. The van der Waals surface area contributed by atoms with Crippen molar-refractivity contribution >= 4 is 51.7 Å². The third-order valence-corrected chi connectivity index (χ3v) is 8.35. The van der Waals surface area contributed by atoms with E-state index in [0.29, 0.717) is 58.4 Å². The van der Waals surface area contributed by atoms with Crippen LogP contribution in [0.1, 0.15) is 45.1 Å². The summed E-state index contributed by atoms with van der Waals surface area (Å²) in [5.41, 5.74) is 0.780. The van der Waals surface area contributed by atoms with Crippen molar-refractivity contribution in [3.05, 3.63) is 45.2 Å². The van der Waals surface area contributed by atoms with Crippen molar-refractivity contribution < 1.29 is 9.90 Å². The molecule has 4 heterocycles. The summed E-state index contributed by atoms with van der Waals surface area (Å²) in [6, 6.07) is 5.48. The van der Waals surface area contributed by atoms with E-state index in [1.165, 1.54) is 16.2 Å². The monoisotopic (exact) mass is 529 g/mol. The standard InChI is InChI=1S/C26H35N5O3S2/c1-3-5-8-19(4-2)18-31-25(34)21(36-26(31)35)17-20-23(29-13-11-28(12-14-29)15-16-32)27-22-9-6-7-10-30(22)24(20)33/h6-7,9-10,17,19,32H,3-5,8,11-16,18H2,1-2H3/b21-17+. The summed E-state index contributed by atoms with van der Waals surface area (Å²) in [6.07, 6.45) is 7.73. The van der Waals surface area contributed by atoms with Crippen molar-refractivity contribution in [2.45, 2.75) is 39.5 Å². The smallest absolute Gasteiger partial charge is 0.267 e. The van der Waals surface area contributed by atoms with Crippen LogP contribution in [0.15, 0.2) is 34.1 Å².